The first-order valence-corrected chi connectivity index (χ1v) is 8.32. The molecule has 2 fully saturated rings. The second kappa shape index (κ2) is 6.37. The topological polar surface area (TPSA) is 23.6 Å². The van der Waals surface area contributed by atoms with E-state index in [0.29, 0.717) is 0 Å². The van der Waals surface area contributed by atoms with Crippen molar-refractivity contribution in [1.82, 2.24) is 9.80 Å². The van der Waals surface area contributed by atoms with E-state index in [1.54, 1.807) is 0 Å². The maximum Gasteiger partial charge on any atom is 0.138 e. The van der Waals surface area contributed by atoms with E-state index >= 15 is 0 Å². The minimum absolute atomic E-state index is 0.182. The summed E-state index contributed by atoms with van der Waals surface area (Å²) in [4.78, 5) is 15.7. The molecule has 1 saturated heterocycles. The summed E-state index contributed by atoms with van der Waals surface area (Å²) in [5, 5.41) is 0. The second-order valence-electron chi connectivity index (χ2n) is 5.82. The molecular weight excluding hydrogens is 316 g/mol. The third-order valence-corrected chi connectivity index (χ3v) is 5.04. The van der Waals surface area contributed by atoms with E-state index in [1.165, 1.54) is 44.6 Å². The van der Waals surface area contributed by atoms with Gasteiger partial charge in [0.2, 0.25) is 0 Å². The quantitative estimate of drug-likeness (QED) is 0.610. The Morgan fingerprint density at radius 1 is 1.15 bits per heavy atom. The molecule has 4 heteroatoms. The molecule has 1 aliphatic heterocycles. The molecule has 1 heterocycles. The van der Waals surface area contributed by atoms with E-state index < -0.39 is 0 Å². The lowest BCUT2D eigenvalue weighted by molar-refractivity contribution is -0.107. The number of hydrogen-bond acceptors (Lipinski definition) is 3. The molecule has 0 bridgehead atoms. The predicted octanol–water partition coefficient (Wildman–Crippen LogP) is 2.60. The highest BCUT2D eigenvalue weighted by atomic mass is 79.9. The zero-order valence-electron chi connectivity index (χ0n) is 11.7. The number of nitrogens with zero attached hydrogens (tertiary/aromatic N) is 2. The average molecular weight is 337 g/mol. The molecule has 0 N–H and O–H groups in total. The summed E-state index contributed by atoms with van der Waals surface area (Å²) < 4.78 is 0. The van der Waals surface area contributed by atoms with Crippen LogP contribution in [-0.2, 0) is 11.3 Å². The first kappa shape index (κ1) is 14.2. The van der Waals surface area contributed by atoms with E-state index in [1.807, 2.05) is 12.1 Å². The van der Waals surface area contributed by atoms with Crippen molar-refractivity contribution in [3.63, 3.8) is 0 Å². The number of carbonyl (C=O) groups excluding carboxylic acids is 1. The summed E-state index contributed by atoms with van der Waals surface area (Å²) in [6.07, 6.45) is 3.74. The molecule has 1 unspecified atom stereocenters. The maximum atomic E-state index is 10.7. The van der Waals surface area contributed by atoms with Gasteiger partial charge in [-0.15, -0.1) is 0 Å². The molecule has 0 radical (unpaired) electrons. The standard InChI is InChI=1S/C16H21BrN2O/c17-16(12-20)14-3-1-13(2-4-14)11-18-7-9-19(10-8-18)15-5-6-15/h1-4,12,15-16H,5-11H2. The summed E-state index contributed by atoms with van der Waals surface area (Å²) in [7, 11) is 0. The Kier molecular flexibility index (Phi) is 4.54. The summed E-state index contributed by atoms with van der Waals surface area (Å²) in [5.74, 6) is 0. The SMILES string of the molecule is O=CC(Br)c1ccc(CN2CCN(C3CC3)CC2)cc1. The zero-order chi connectivity index (χ0) is 13.9. The molecule has 3 nitrogen and oxygen atoms in total. The van der Waals surface area contributed by atoms with Gasteiger partial charge in [-0.2, -0.15) is 0 Å². The summed E-state index contributed by atoms with van der Waals surface area (Å²) in [6, 6.07) is 9.27. The van der Waals surface area contributed by atoms with Crippen molar-refractivity contribution in [3.8, 4) is 0 Å². The normalized spacial score (nSPS) is 22.6. The third kappa shape index (κ3) is 3.48. The molecule has 1 aromatic carbocycles. The van der Waals surface area contributed by atoms with Crippen molar-refractivity contribution in [2.45, 2.75) is 30.3 Å². The smallest absolute Gasteiger partial charge is 0.138 e. The first-order valence-electron chi connectivity index (χ1n) is 7.41. The van der Waals surface area contributed by atoms with Crippen LogP contribution in [0.1, 0.15) is 28.8 Å². The van der Waals surface area contributed by atoms with Crippen molar-refractivity contribution < 1.29 is 4.79 Å². The van der Waals surface area contributed by atoms with Gasteiger partial charge >= 0.3 is 0 Å². The van der Waals surface area contributed by atoms with Crippen LogP contribution in [0.5, 0.6) is 0 Å². The number of benzene rings is 1. The van der Waals surface area contributed by atoms with Crippen molar-refractivity contribution in [3.05, 3.63) is 35.4 Å². The fourth-order valence-corrected chi connectivity index (χ4v) is 3.18. The van der Waals surface area contributed by atoms with Gasteiger partial charge in [0.1, 0.15) is 6.29 Å². The Morgan fingerprint density at radius 2 is 1.80 bits per heavy atom. The molecule has 1 saturated carbocycles. The Hall–Kier alpha value is -0.710. The first-order chi connectivity index (χ1) is 9.76. The number of hydrogen-bond donors (Lipinski definition) is 0. The van der Waals surface area contributed by atoms with Crippen molar-refractivity contribution in [2.24, 2.45) is 0 Å². The average Bonchev–Trinajstić information content (AvgIpc) is 3.33. The van der Waals surface area contributed by atoms with Gasteiger partial charge in [-0.1, -0.05) is 40.2 Å². The van der Waals surface area contributed by atoms with Crippen molar-refractivity contribution in [1.29, 1.82) is 0 Å². The molecule has 1 atom stereocenters. The summed E-state index contributed by atoms with van der Waals surface area (Å²) >= 11 is 3.35. The molecule has 1 aromatic rings. The number of aldehydes is 1. The van der Waals surface area contributed by atoms with Crippen molar-refractivity contribution in [2.75, 3.05) is 26.2 Å². The second-order valence-corrected chi connectivity index (χ2v) is 6.81. The van der Waals surface area contributed by atoms with E-state index in [4.69, 9.17) is 0 Å². The number of carbonyl (C=O) groups is 1. The van der Waals surface area contributed by atoms with Crippen molar-refractivity contribution >= 4 is 22.2 Å². The number of halogens is 1. The summed E-state index contributed by atoms with van der Waals surface area (Å²) in [6.45, 7) is 5.81. The van der Waals surface area contributed by atoms with Gasteiger partial charge in [-0.25, -0.2) is 0 Å². The van der Waals surface area contributed by atoms with Crippen LogP contribution in [0.15, 0.2) is 24.3 Å². The Balaban J connectivity index is 1.51. The fourth-order valence-electron chi connectivity index (χ4n) is 2.87. The molecule has 20 heavy (non-hydrogen) atoms. The fraction of sp³-hybridized carbons (Fsp3) is 0.562. The Morgan fingerprint density at radius 3 is 2.35 bits per heavy atom. The summed E-state index contributed by atoms with van der Waals surface area (Å²) in [5.41, 5.74) is 2.36. The van der Waals surface area contributed by atoms with Gasteiger partial charge in [-0.05, 0) is 24.0 Å². The van der Waals surface area contributed by atoms with Gasteiger partial charge in [0.05, 0.1) is 4.83 Å². The zero-order valence-corrected chi connectivity index (χ0v) is 13.3. The highest BCUT2D eigenvalue weighted by molar-refractivity contribution is 9.09. The maximum absolute atomic E-state index is 10.7. The lowest BCUT2D eigenvalue weighted by Crippen LogP contribution is -2.46. The minimum Gasteiger partial charge on any atom is -0.302 e. The van der Waals surface area contributed by atoms with Crippen LogP contribution in [-0.4, -0.2) is 48.3 Å². The molecule has 1 aliphatic carbocycles. The van der Waals surface area contributed by atoms with Gasteiger partial charge in [0.25, 0.3) is 0 Å². The lowest BCUT2D eigenvalue weighted by atomic mass is 10.1. The van der Waals surface area contributed by atoms with Crippen LogP contribution in [0.2, 0.25) is 0 Å². The van der Waals surface area contributed by atoms with Crippen LogP contribution in [0, 0.1) is 0 Å². The molecule has 3 rings (SSSR count). The number of alkyl halides is 1. The van der Waals surface area contributed by atoms with E-state index in [9.17, 15) is 4.79 Å². The predicted molar refractivity (Wildman–Crippen MR) is 84.0 cm³/mol. The molecule has 0 aromatic heterocycles. The molecule has 108 valence electrons. The number of rotatable bonds is 5. The van der Waals surface area contributed by atoms with Crippen LogP contribution < -0.4 is 0 Å². The van der Waals surface area contributed by atoms with Gasteiger partial charge in [0.15, 0.2) is 0 Å². The molecule has 0 spiro atoms. The van der Waals surface area contributed by atoms with Gasteiger partial charge in [-0.3, -0.25) is 9.80 Å². The third-order valence-electron chi connectivity index (χ3n) is 4.29. The van der Waals surface area contributed by atoms with Crippen LogP contribution in [0.4, 0.5) is 0 Å². The molecule has 0 amide bonds. The highest BCUT2D eigenvalue weighted by Gasteiger charge is 2.30. The van der Waals surface area contributed by atoms with Gasteiger partial charge in [0, 0.05) is 38.8 Å². The van der Waals surface area contributed by atoms with E-state index in [-0.39, 0.29) is 4.83 Å². The van der Waals surface area contributed by atoms with Crippen LogP contribution >= 0.6 is 15.9 Å². The minimum atomic E-state index is -0.182. The Bertz CT molecular complexity index is 450. The van der Waals surface area contributed by atoms with Gasteiger partial charge < -0.3 is 4.79 Å². The van der Waals surface area contributed by atoms with Crippen LogP contribution in [0.25, 0.3) is 0 Å². The monoisotopic (exact) mass is 336 g/mol. The Labute approximate surface area is 129 Å². The van der Waals surface area contributed by atoms with Crippen LogP contribution in [0.3, 0.4) is 0 Å². The lowest BCUT2D eigenvalue weighted by Gasteiger charge is -2.34. The van der Waals surface area contributed by atoms with E-state index in [2.05, 4.69) is 37.9 Å². The number of piperazine rings is 1. The molecular formula is C16H21BrN2O. The molecule has 2 aliphatic rings. The van der Waals surface area contributed by atoms with E-state index in [0.717, 1.165) is 24.4 Å². The highest BCUT2D eigenvalue weighted by Crippen LogP contribution is 2.27. The largest absolute Gasteiger partial charge is 0.302 e.